The first kappa shape index (κ1) is 13.2. The van der Waals surface area contributed by atoms with Crippen molar-refractivity contribution in [3.05, 3.63) is 47.8 Å². The Bertz CT molecular complexity index is 622. The maximum absolute atomic E-state index is 8.81. The third kappa shape index (κ3) is 3.39. The third-order valence-electron chi connectivity index (χ3n) is 2.52. The number of anilines is 1. The zero-order chi connectivity index (χ0) is 13.7. The molecule has 0 radical (unpaired) electrons. The SMILES string of the molecule is COc1cc(N)ccc1SCc1ccnc(C#N)c1. The number of thioether (sulfide) groups is 1. The molecule has 19 heavy (non-hydrogen) atoms. The number of methoxy groups -OCH3 is 1. The van der Waals surface area contributed by atoms with E-state index in [9.17, 15) is 0 Å². The van der Waals surface area contributed by atoms with E-state index in [0.717, 1.165) is 22.0 Å². The van der Waals surface area contributed by atoms with E-state index < -0.39 is 0 Å². The summed E-state index contributed by atoms with van der Waals surface area (Å²) in [6.45, 7) is 0. The number of nitrogens with two attached hydrogens (primary N) is 1. The molecular weight excluding hydrogens is 258 g/mol. The van der Waals surface area contributed by atoms with Crippen LogP contribution < -0.4 is 10.5 Å². The fourth-order valence-electron chi connectivity index (χ4n) is 1.59. The van der Waals surface area contributed by atoms with Crippen LogP contribution in [-0.2, 0) is 5.75 Å². The Hall–Kier alpha value is -2.19. The lowest BCUT2D eigenvalue weighted by atomic mass is 10.2. The van der Waals surface area contributed by atoms with Crippen molar-refractivity contribution < 1.29 is 4.74 Å². The van der Waals surface area contributed by atoms with Gasteiger partial charge in [-0.25, -0.2) is 4.98 Å². The smallest absolute Gasteiger partial charge is 0.140 e. The van der Waals surface area contributed by atoms with Crippen LogP contribution in [0.25, 0.3) is 0 Å². The molecule has 0 bridgehead atoms. The molecule has 0 atom stereocenters. The van der Waals surface area contributed by atoms with Crippen LogP contribution in [-0.4, -0.2) is 12.1 Å². The second-order valence-corrected chi connectivity index (χ2v) is 4.88. The van der Waals surface area contributed by atoms with Crippen molar-refractivity contribution in [3.63, 3.8) is 0 Å². The molecule has 0 aliphatic heterocycles. The number of nitrogens with zero attached hydrogens (tertiary/aromatic N) is 2. The summed E-state index contributed by atoms with van der Waals surface area (Å²) in [6, 6.07) is 11.3. The second-order valence-electron chi connectivity index (χ2n) is 3.86. The minimum atomic E-state index is 0.433. The van der Waals surface area contributed by atoms with E-state index in [1.165, 1.54) is 0 Å². The Labute approximate surface area is 116 Å². The van der Waals surface area contributed by atoms with Crippen LogP contribution in [0.1, 0.15) is 11.3 Å². The lowest BCUT2D eigenvalue weighted by Crippen LogP contribution is -1.91. The number of nitriles is 1. The Balaban J connectivity index is 2.12. The summed E-state index contributed by atoms with van der Waals surface area (Å²) >= 11 is 1.63. The molecule has 1 aromatic heterocycles. The zero-order valence-electron chi connectivity index (χ0n) is 10.5. The number of hydrogen-bond acceptors (Lipinski definition) is 5. The average molecular weight is 271 g/mol. The first-order valence-corrected chi connectivity index (χ1v) is 6.63. The van der Waals surface area contributed by atoms with Gasteiger partial charge < -0.3 is 10.5 Å². The summed E-state index contributed by atoms with van der Waals surface area (Å²) in [7, 11) is 1.62. The maximum Gasteiger partial charge on any atom is 0.140 e. The second kappa shape index (κ2) is 6.12. The van der Waals surface area contributed by atoms with Crippen molar-refractivity contribution >= 4 is 17.4 Å². The van der Waals surface area contributed by atoms with Gasteiger partial charge in [-0.15, -0.1) is 11.8 Å². The lowest BCUT2D eigenvalue weighted by Gasteiger charge is -2.08. The van der Waals surface area contributed by atoms with Crippen LogP contribution in [0, 0.1) is 11.3 Å². The predicted molar refractivity (Wildman–Crippen MR) is 75.9 cm³/mol. The number of benzene rings is 1. The predicted octanol–water partition coefficient (Wildman–Crippen LogP) is 2.84. The summed E-state index contributed by atoms with van der Waals surface area (Å²) in [4.78, 5) is 4.97. The average Bonchev–Trinajstić information content (AvgIpc) is 2.46. The van der Waals surface area contributed by atoms with Gasteiger partial charge in [0.15, 0.2) is 0 Å². The van der Waals surface area contributed by atoms with Gasteiger partial charge in [-0.05, 0) is 29.8 Å². The number of pyridine rings is 1. The van der Waals surface area contributed by atoms with Gasteiger partial charge in [0.25, 0.3) is 0 Å². The standard InChI is InChI=1S/C14H13N3OS/c1-18-13-7-11(16)2-3-14(13)19-9-10-4-5-17-12(6-10)8-15/h2-7H,9,16H2,1H3. The topological polar surface area (TPSA) is 71.9 Å². The Morgan fingerprint density at radius 3 is 2.95 bits per heavy atom. The van der Waals surface area contributed by atoms with Crippen LogP contribution in [0.5, 0.6) is 5.75 Å². The van der Waals surface area contributed by atoms with E-state index >= 15 is 0 Å². The molecule has 1 heterocycles. The van der Waals surface area contributed by atoms with Gasteiger partial charge in [-0.1, -0.05) is 0 Å². The van der Waals surface area contributed by atoms with Gasteiger partial charge in [-0.2, -0.15) is 5.26 Å². The van der Waals surface area contributed by atoms with Crippen LogP contribution in [0.4, 0.5) is 5.69 Å². The van der Waals surface area contributed by atoms with Gasteiger partial charge in [0, 0.05) is 28.6 Å². The number of rotatable bonds is 4. The van der Waals surface area contributed by atoms with Crippen molar-refractivity contribution in [3.8, 4) is 11.8 Å². The fourth-order valence-corrected chi connectivity index (χ4v) is 2.54. The Morgan fingerprint density at radius 1 is 1.37 bits per heavy atom. The highest BCUT2D eigenvalue weighted by Gasteiger charge is 2.05. The van der Waals surface area contributed by atoms with Gasteiger partial charge in [-0.3, -0.25) is 0 Å². The summed E-state index contributed by atoms with van der Waals surface area (Å²) in [5.41, 5.74) is 7.88. The van der Waals surface area contributed by atoms with Gasteiger partial charge in [0.2, 0.25) is 0 Å². The molecule has 4 nitrogen and oxygen atoms in total. The Kier molecular flexibility index (Phi) is 4.26. The molecule has 0 saturated carbocycles. The monoisotopic (exact) mass is 271 g/mol. The molecule has 0 saturated heterocycles. The van der Waals surface area contributed by atoms with Crippen molar-refractivity contribution in [1.82, 2.24) is 4.98 Å². The molecule has 1 aromatic carbocycles. The first-order valence-electron chi connectivity index (χ1n) is 5.64. The van der Waals surface area contributed by atoms with Crippen LogP contribution in [0.3, 0.4) is 0 Å². The van der Waals surface area contributed by atoms with Gasteiger partial charge >= 0.3 is 0 Å². The van der Waals surface area contributed by atoms with Crippen LogP contribution in [0.15, 0.2) is 41.4 Å². The quantitative estimate of drug-likeness (QED) is 0.684. The van der Waals surface area contributed by atoms with E-state index in [2.05, 4.69) is 4.98 Å². The molecule has 0 aliphatic rings. The maximum atomic E-state index is 8.81. The number of hydrogen-bond donors (Lipinski definition) is 1. The number of nitrogen functional groups attached to an aromatic ring is 1. The summed E-state index contributed by atoms with van der Waals surface area (Å²) in [6.07, 6.45) is 1.65. The van der Waals surface area contributed by atoms with Crippen LogP contribution >= 0.6 is 11.8 Å². The molecule has 96 valence electrons. The lowest BCUT2D eigenvalue weighted by molar-refractivity contribution is 0.405. The molecule has 0 amide bonds. The molecule has 2 rings (SSSR count). The Morgan fingerprint density at radius 2 is 2.21 bits per heavy atom. The highest BCUT2D eigenvalue weighted by atomic mass is 32.2. The molecule has 2 N–H and O–H groups in total. The van der Waals surface area contributed by atoms with Gasteiger partial charge in [0.05, 0.1) is 7.11 Å². The van der Waals surface area contributed by atoms with E-state index in [-0.39, 0.29) is 0 Å². The minimum absolute atomic E-state index is 0.433. The molecule has 0 spiro atoms. The van der Waals surface area contributed by atoms with Crippen LogP contribution in [0.2, 0.25) is 0 Å². The van der Waals surface area contributed by atoms with E-state index in [1.807, 2.05) is 24.3 Å². The molecule has 2 aromatic rings. The van der Waals surface area contributed by atoms with E-state index in [1.54, 1.807) is 37.2 Å². The van der Waals surface area contributed by atoms with Crippen molar-refractivity contribution in [2.45, 2.75) is 10.6 Å². The van der Waals surface area contributed by atoms with Gasteiger partial charge in [0.1, 0.15) is 17.5 Å². The molecule has 0 fully saturated rings. The van der Waals surface area contributed by atoms with E-state index in [4.69, 9.17) is 15.7 Å². The molecule has 5 heteroatoms. The highest BCUT2D eigenvalue weighted by Crippen LogP contribution is 2.33. The summed E-state index contributed by atoms with van der Waals surface area (Å²) in [5.74, 6) is 1.51. The first-order chi connectivity index (χ1) is 9.22. The third-order valence-corrected chi connectivity index (χ3v) is 3.65. The number of ether oxygens (including phenoxy) is 1. The molecule has 0 aliphatic carbocycles. The summed E-state index contributed by atoms with van der Waals surface area (Å²) in [5, 5.41) is 8.81. The number of aromatic nitrogens is 1. The van der Waals surface area contributed by atoms with Crippen molar-refractivity contribution in [2.24, 2.45) is 0 Å². The zero-order valence-corrected chi connectivity index (χ0v) is 11.3. The molecular formula is C14H13N3OS. The van der Waals surface area contributed by atoms with Crippen molar-refractivity contribution in [1.29, 1.82) is 5.26 Å². The summed E-state index contributed by atoms with van der Waals surface area (Å²) < 4.78 is 5.29. The minimum Gasteiger partial charge on any atom is -0.496 e. The fraction of sp³-hybridized carbons (Fsp3) is 0.143. The highest BCUT2D eigenvalue weighted by molar-refractivity contribution is 7.98. The van der Waals surface area contributed by atoms with E-state index in [0.29, 0.717) is 11.4 Å². The van der Waals surface area contributed by atoms with Crippen molar-refractivity contribution in [2.75, 3.05) is 12.8 Å². The normalized spacial score (nSPS) is 9.89. The molecule has 0 unspecified atom stereocenters. The largest absolute Gasteiger partial charge is 0.496 e.